The van der Waals surface area contributed by atoms with Crippen LogP contribution in [-0.4, -0.2) is 13.1 Å². The van der Waals surface area contributed by atoms with Crippen LogP contribution in [0.4, 0.5) is 0 Å². The van der Waals surface area contributed by atoms with Crippen LogP contribution in [0.3, 0.4) is 0 Å². The van der Waals surface area contributed by atoms with Crippen LogP contribution in [0.1, 0.15) is 41.2 Å². The maximum atomic E-state index is 11.6. The van der Waals surface area contributed by atoms with E-state index in [9.17, 15) is 4.79 Å². The van der Waals surface area contributed by atoms with E-state index in [0.29, 0.717) is 11.5 Å². The van der Waals surface area contributed by atoms with E-state index in [4.69, 9.17) is 10.5 Å². The van der Waals surface area contributed by atoms with Gasteiger partial charge in [0.1, 0.15) is 0 Å². The highest BCUT2D eigenvalue weighted by Crippen LogP contribution is 2.37. The summed E-state index contributed by atoms with van der Waals surface area (Å²) < 4.78 is 4.76. The van der Waals surface area contributed by atoms with Crippen molar-refractivity contribution in [3.05, 3.63) is 35.4 Å². The average Bonchev–Trinajstić information content (AvgIpc) is 2.25. The van der Waals surface area contributed by atoms with Crippen LogP contribution in [-0.2, 0) is 4.74 Å². The van der Waals surface area contributed by atoms with Gasteiger partial charge in [0.25, 0.3) is 0 Å². The molecule has 1 aromatic carbocycles. The first-order chi connectivity index (χ1) is 7.74. The Morgan fingerprint density at radius 3 is 2.69 bits per heavy atom. The molecule has 3 heteroatoms. The summed E-state index contributed by atoms with van der Waals surface area (Å²) in [6.45, 7) is 0. The Morgan fingerprint density at radius 1 is 1.44 bits per heavy atom. The fraction of sp³-hybridized carbons (Fsp3) is 0.462. The van der Waals surface area contributed by atoms with Crippen LogP contribution >= 0.6 is 0 Å². The van der Waals surface area contributed by atoms with Gasteiger partial charge >= 0.3 is 5.97 Å². The molecule has 0 heterocycles. The largest absolute Gasteiger partial charge is 0.465 e. The van der Waals surface area contributed by atoms with Gasteiger partial charge in [0.2, 0.25) is 0 Å². The lowest BCUT2D eigenvalue weighted by Gasteiger charge is -2.32. The minimum Gasteiger partial charge on any atom is -0.465 e. The summed E-state index contributed by atoms with van der Waals surface area (Å²) in [7, 11) is 1.40. The number of hydrogen-bond donors (Lipinski definition) is 1. The molecule has 1 aromatic rings. The third kappa shape index (κ3) is 1.95. The van der Waals surface area contributed by atoms with Gasteiger partial charge in [-0.3, -0.25) is 0 Å². The van der Waals surface area contributed by atoms with Crippen molar-refractivity contribution < 1.29 is 9.53 Å². The number of rotatable bonds is 3. The average molecular weight is 219 g/mol. The fourth-order valence-electron chi connectivity index (χ4n) is 2.14. The molecule has 0 bridgehead atoms. The fourth-order valence-corrected chi connectivity index (χ4v) is 2.14. The Hall–Kier alpha value is -1.35. The zero-order chi connectivity index (χ0) is 11.5. The molecular weight excluding hydrogens is 202 g/mol. The summed E-state index contributed by atoms with van der Waals surface area (Å²) in [5, 5.41) is 0. The summed E-state index contributed by atoms with van der Waals surface area (Å²) in [5.41, 5.74) is 7.70. The van der Waals surface area contributed by atoms with E-state index < -0.39 is 0 Å². The second-order valence-corrected chi connectivity index (χ2v) is 4.30. The van der Waals surface area contributed by atoms with Gasteiger partial charge in [0.05, 0.1) is 12.7 Å². The van der Waals surface area contributed by atoms with Gasteiger partial charge in [0.15, 0.2) is 0 Å². The van der Waals surface area contributed by atoms with Crippen molar-refractivity contribution in [2.45, 2.75) is 25.3 Å². The minimum absolute atomic E-state index is 0.0379. The standard InChI is InChI=1S/C13H17NO2/c1-16-13(15)11-8-3-2-7-10(11)12(14)9-5-4-6-9/h2-3,7-9,12H,4-6,14H2,1H3. The quantitative estimate of drug-likeness (QED) is 0.793. The van der Waals surface area contributed by atoms with Crippen molar-refractivity contribution in [2.24, 2.45) is 11.7 Å². The number of carbonyl (C=O) groups excluding carboxylic acids is 1. The Kier molecular flexibility index (Phi) is 3.25. The lowest BCUT2D eigenvalue weighted by Crippen LogP contribution is -2.28. The lowest BCUT2D eigenvalue weighted by atomic mass is 9.77. The maximum absolute atomic E-state index is 11.6. The Labute approximate surface area is 95.6 Å². The molecule has 1 fully saturated rings. The molecule has 3 nitrogen and oxygen atoms in total. The summed E-state index contributed by atoms with van der Waals surface area (Å²) in [6.07, 6.45) is 3.58. The Morgan fingerprint density at radius 2 is 2.12 bits per heavy atom. The highest BCUT2D eigenvalue weighted by atomic mass is 16.5. The number of methoxy groups -OCH3 is 1. The monoisotopic (exact) mass is 219 g/mol. The van der Waals surface area contributed by atoms with Crippen molar-refractivity contribution in [2.75, 3.05) is 7.11 Å². The Bertz CT molecular complexity index is 385. The highest BCUT2D eigenvalue weighted by molar-refractivity contribution is 5.91. The predicted octanol–water partition coefficient (Wildman–Crippen LogP) is 2.27. The third-order valence-corrected chi connectivity index (χ3v) is 3.38. The molecule has 1 aliphatic carbocycles. The molecule has 86 valence electrons. The van der Waals surface area contributed by atoms with Gasteiger partial charge in [0, 0.05) is 6.04 Å². The van der Waals surface area contributed by atoms with Crippen LogP contribution in [0.2, 0.25) is 0 Å². The zero-order valence-corrected chi connectivity index (χ0v) is 9.48. The molecule has 1 aliphatic rings. The normalized spacial score (nSPS) is 17.6. The summed E-state index contributed by atoms with van der Waals surface area (Å²) in [4.78, 5) is 11.6. The first kappa shape index (κ1) is 11.1. The second-order valence-electron chi connectivity index (χ2n) is 4.30. The molecule has 2 N–H and O–H groups in total. The lowest BCUT2D eigenvalue weighted by molar-refractivity contribution is 0.0598. The number of ether oxygens (including phenoxy) is 1. The molecule has 1 unspecified atom stereocenters. The van der Waals surface area contributed by atoms with E-state index >= 15 is 0 Å². The first-order valence-electron chi connectivity index (χ1n) is 5.67. The van der Waals surface area contributed by atoms with Gasteiger partial charge in [-0.15, -0.1) is 0 Å². The SMILES string of the molecule is COC(=O)c1ccccc1C(N)C1CCC1. The van der Waals surface area contributed by atoms with E-state index in [0.717, 1.165) is 18.4 Å². The molecule has 0 amide bonds. The maximum Gasteiger partial charge on any atom is 0.338 e. The number of nitrogens with two attached hydrogens (primary N) is 1. The molecule has 0 saturated heterocycles. The molecular formula is C13H17NO2. The van der Waals surface area contributed by atoms with Crippen molar-refractivity contribution in [1.82, 2.24) is 0 Å². The number of hydrogen-bond acceptors (Lipinski definition) is 3. The first-order valence-corrected chi connectivity index (χ1v) is 5.67. The second kappa shape index (κ2) is 4.66. The molecule has 1 atom stereocenters. The van der Waals surface area contributed by atoms with Crippen molar-refractivity contribution in [1.29, 1.82) is 0 Å². The third-order valence-electron chi connectivity index (χ3n) is 3.38. The van der Waals surface area contributed by atoms with E-state index in [1.807, 2.05) is 18.2 Å². The van der Waals surface area contributed by atoms with Gasteiger partial charge < -0.3 is 10.5 Å². The van der Waals surface area contributed by atoms with Crippen LogP contribution in [0, 0.1) is 5.92 Å². The van der Waals surface area contributed by atoms with E-state index in [2.05, 4.69) is 0 Å². The number of carbonyl (C=O) groups is 1. The number of benzene rings is 1. The Balaban J connectivity index is 2.27. The molecule has 0 radical (unpaired) electrons. The van der Waals surface area contributed by atoms with Crippen molar-refractivity contribution in [3.8, 4) is 0 Å². The van der Waals surface area contributed by atoms with Gasteiger partial charge in [-0.2, -0.15) is 0 Å². The zero-order valence-electron chi connectivity index (χ0n) is 9.48. The van der Waals surface area contributed by atoms with Crippen LogP contribution in [0.5, 0.6) is 0 Å². The van der Waals surface area contributed by atoms with Crippen molar-refractivity contribution >= 4 is 5.97 Å². The van der Waals surface area contributed by atoms with Crippen LogP contribution < -0.4 is 5.73 Å². The molecule has 16 heavy (non-hydrogen) atoms. The van der Waals surface area contributed by atoms with Gasteiger partial charge in [-0.1, -0.05) is 24.6 Å². The summed E-state index contributed by atoms with van der Waals surface area (Å²) >= 11 is 0. The van der Waals surface area contributed by atoms with Gasteiger partial charge in [-0.05, 0) is 30.4 Å². The van der Waals surface area contributed by atoms with E-state index in [1.54, 1.807) is 6.07 Å². The van der Waals surface area contributed by atoms with Gasteiger partial charge in [-0.25, -0.2) is 4.79 Å². The van der Waals surface area contributed by atoms with Crippen molar-refractivity contribution in [3.63, 3.8) is 0 Å². The predicted molar refractivity (Wildman–Crippen MR) is 62.1 cm³/mol. The number of esters is 1. The smallest absolute Gasteiger partial charge is 0.338 e. The van der Waals surface area contributed by atoms with E-state index in [1.165, 1.54) is 13.5 Å². The molecule has 1 saturated carbocycles. The highest BCUT2D eigenvalue weighted by Gasteiger charge is 2.28. The molecule has 2 rings (SSSR count). The summed E-state index contributed by atoms with van der Waals surface area (Å²) in [6, 6.07) is 7.42. The van der Waals surface area contributed by atoms with E-state index in [-0.39, 0.29) is 12.0 Å². The summed E-state index contributed by atoms with van der Waals surface area (Å²) in [5.74, 6) is 0.219. The molecule has 0 aliphatic heterocycles. The topological polar surface area (TPSA) is 52.3 Å². The molecule has 0 spiro atoms. The minimum atomic E-state index is -0.301. The van der Waals surface area contributed by atoms with Crippen LogP contribution in [0.25, 0.3) is 0 Å². The van der Waals surface area contributed by atoms with Crippen LogP contribution in [0.15, 0.2) is 24.3 Å². The molecule has 0 aromatic heterocycles.